The molecule has 2 aromatic rings. The molecule has 0 spiro atoms. The lowest BCUT2D eigenvalue weighted by Crippen LogP contribution is -2.38. The van der Waals surface area contributed by atoms with Crippen molar-refractivity contribution in [2.75, 3.05) is 24.2 Å². The van der Waals surface area contributed by atoms with E-state index in [1.54, 1.807) is 31.0 Å². The molecular formula is C16H21N5O2. The zero-order valence-corrected chi connectivity index (χ0v) is 13.8. The lowest BCUT2D eigenvalue weighted by molar-refractivity contribution is -0.116. The average Bonchev–Trinajstić information content (AvgIpc) is 2.88. The molecule has 3 amide bonds. The number of aromatic nitrogens is 2. The summed E-state index contributed by atoms with van der Waals surface area (Å²) in [7, 11) is 3.32. The second kappa shape index (κ2) is 6.95. The van der Waals surface area contributed by atoms with Crippen LogP contribution in [0.5, 0.6) is 0 Å². The van der Waals surface area contributed by atoms with Gasteiger partial charge in [-0.3, -0.25) is 14.8 Å². The number of nitrogens with one attached hydrogen (secondary N) is 2. The summed E-state index contributed by atoms with van der Waals surface area (Å²) in [6, 6.07) is 7.09. The van der Waals surface area contributed by atoms with Gasteiger partial charge in [0.2, 0.25) is 5.91 Å². The highest BCUT2D eigenvalue weighted by Gasteiger charge is 2.15. The van der Waals surface area contributed by atoms with Gasteiger partial charge in [0.25, 0.3) is 0 Å². The predicted molar refractivity (Wildman–Crippen MR) is 89.4 cm³/mol. The first-order valence-corrected chi connectivity index (χ1v) is 7.24. The first kappa shape index (κ1) is 16.5. The van der Waals surface area contributed by atoms with E-state index in [1.807, 2.05) is 32.0 Å². The normalized spacial score (nSPS) is 10.3. The SMILES string of the molecule is Cc1cccc(C)c1NC(=O)CN(C)C(=O)Nc1ccn(C)n1. The van der Waals surface area contributed by atoms with E-state index < -0.39 is 0 Å². The molecular weight excluding hydrogens is 294 g/mol. The maximum atomic E-state index is 12.1. The van der Waals surface area contributed by atoms with Gasteiger partial charge in [0.1, 0.15) is 6.54 Å². The second-order valence-corrected chi connectivity index (χ2v) is 5.48. The number of benzene rings is 1. The lowest BCUT2D eigenvalue weighted by Gasteiger charge is -2.18. The van der Waals surface area contributed by atoms with Crippen LogP contribution in [0.25, 0.3) is 0 Å². The van der Waals surface area contributed by atoms with Crippen LogP contribution in [0, 0.1) is 13.8 Å². The number of aryl methyl sites for hydroxylation is 3. The number of anilines is 2. The number of carbonyl (C=O) groups is 2. The second-order valence-electron chi connectivity index (χ2n) is 5.48. The van der Waals surface area contributed by atoms with Gasteiger partial charge in [-0.1, -0.05) is 18.2 Å². The molecule has 23 heavy (non-hydrogen) atoms. The lowest BCUT2D eigenvalue weighted by atomic mass is 10.1. The van der Waals surface area contributed by atoms with Crippen molar-refractivity contribution >= 4 is 23.4 Å². The van der Waals surface area contributed by atoms with Crippen LogP contribution in [0.15, 0.2) is 30.5 Å². The van der Waals surface area contributed by atoms with Crippen LogP contribution in [0.2, 0.25) is 0 Å². The van der Waals surface area contributed by atoms with Gasteiger partial charge in [-0.2, -0.15) is 5.10 Å². The van der Waals surface area contributed by atoms with E-state index in [1.165, 1.54) is 4.90 Å². The Balaban J connectivity index is 1.93. The fourth-order valence-corrected chi connectivity index (χ4v) is 2.16. The molecule has 0 saturated heterocycles. The van der Waals surface area contributed by atoms with E-state index in [0.717, 1.165) is 16.8 Å². The number of hydrogen-bond donors (Lipinski definition) is 2. The first-order chi connectivity index (χ1) is 10.9. The Kier molecular flexibility index (Phi) is 5.00. The summed E-state index contributed by atoms with van der Waals surface area (Å²) in [5.74, 6) is 0.195. The van der Waals surface area contributed by atoms with Crippen molar-refractivity contribution in [2.24, 2.45) is 7.05 Å². The molecule has 7 heteroatoms. The van der Waals surface area contributed by atoms with Gasteiger partial charge >= 0.3 is 6.03 Å². The van der Waals surface area contributed by atoms with Crippen LogP contribution in [-0.2, 0) is 11.8 Å². The molecule has 2 rings (SSSR count). The smallest absolute Gasteiger partial charge is 0.323 e. The summed E-state index contributed by atoms with van der Waals surface area (Å²) >= 11 is 0. The summed E-state index contributed by atoms with van der Waals surface area (Å²) in [6.45, 7) is 3.81. The molecule has 0 aliphatic heterocycles. The van der Waals surface area contributed by atoms with E-state index >= 15 is 0 Å². The van der Waals surface area contributed by atoms with Crippen LogP contribution in [0.1, 0.15) is 11.1 Å². The van der Waals surface area contributed by atoms with Crippen molar-refractivity contribution < 1.29 is 9.59 Å². The quantitative estimate of drug-likeness (QED) is 0.907. The minimum Gasteiger partial charge on any atom is -0.324 e. The van der Waals surface area contributed by atoms with Crippen LogP contribution in [0.3, 0.4) is 0 Å². The number of para-hydroxylation sites is 1. The largest absolute Gasteiger partial charge is 0.324 e. The average molecular weight is 315 g/mol. The van der Waals surface area contributed by atoms with E-state index in [2.05, 4.69) is 15.7 Å². The van der Waals surface area contributed by atoms with Crippen LogP contribution in [0.4, 0.5) is 16.3 Å². The molecule has 7 nitrogen and oxygen atoms in total. The first-order valence-electron chi connectivity index (χ1n) is 7.24. The van der Waals surface area contributed by atoms with Crippen LogP contribution >= 0.6 is 0 Å². The predicted octanol–water partition coefficient (Wildman–Crippen LogP) is 2.14. The molecule has 0 aliphatic rings. The molecule has 122 valence electrons. The van der Waals surface area contributed by atoms with Gasteiger partial charge in [-0.05, 0) is 25.0 Å². The van der Waals surface area contributed by atoms with Crippen molar-refractivity contribution in [1.82, 2.24) is 14.7 Å². The van der Waals surface area contributed by atoms with E-state index in [4.69, 9.17) is 0 Å². The Hall–Kier alpha value is -2.83. The van der Waals surface area contributed by atoms with Gasteiger partial charge in [-0.15, -0.1) is 0 Å². The van der Waals surface area contributed by atoms with E-state index in [9.17, 15) is 9.59 Å². The molecule has 0 bridgehead atoms. The molecule has 0 atom stereocenters. The maximum absolute atomic E-state index is 12.1. The van der Waals surface area contributed by atoms with Gasteiger partial charge in [0.05, 0.1) is 0 Å². The zero-order chi connectivity index (χ0) is 17.0. The van der Waals surface area contributed by atoms with Gasteiger partial charge < -0.3 is 10.2 Å². The summed E-state index contributed by atoms with van der Waals surface area (Å²) in [6.07, 6.45) is 1.73. The summed E-state index contributed by atoms with van der Waals surface area (Å²) < 4.78 is 1.59. The maximum Gasteiger partial charge on any atom is 0.323 e. The molecule has 1 heterocycles. The van der Waals surface area contributed by atoms with Crippen molar-refractivity contribution in [1.29, 1.82) is 0 Å². The summed E-state index contributed by atoms with van der Waals surface area (Å²) in [5, 5.41) is 9.54. The Morgan fingerprint density at radius 3 is 2.39 bits per heavy atom. The highest BCUT2D eigenvalue weighted by molar-refractivity contribution is 5.97. The monoisotopic (exact) mass is 315 g/mol. The molecule has 0 radical (unpaired) electrons. The van der Waals surface area contributed by atoms with Crippen molar-refractivity contribution in [3.8, 4) is 0 Å². The third-order valence-corrected chi connectivity index (χ3v) is 3.42. The molecule has 0 unspecified atom stereocenters. The third-order valence-electron chi connectivity index (χ3n) is 3.42. The molecule has 1 aromatic carbocycles. The molecule has 0 saturated carbocycles. The number of likely N-dealkylation sites (N-methyl/N-ethyl adjacent to an activating group) is 1. The third kappa shape index (κ3) is 4.32. The minimum atomic E-state index is -0.389. The Bertz CT molecular complexity index is 703. The number of amides is 3. The number of nitrogens with zero attached hydrogens (tertiary/aromatic N) is 3. The van der Waals surface area contributed by atoms with Crippen molar-refractivity contribution in [3.05, 3.63) is 41.6 Å². The highest BCUT2D eigenvalue weighted by atomic mass is 16.2. The van der Waals surface area contributed by atoms with E-state index in [-0.39, 0.29) is 18.5 Å². The fourth-order valence-electron chi connectivity index (χ4n) is 2.16. The molecule has 2 N–H and O–H groups in total. The van der Waals surface area contributed by atoms with Gasteiger partial charge in [0, 0.05) is 32.0 Å². The fraction of sp³-hybridized carbons (Fsp3) is 0.312. The highest BCUT2D eigenvalue weighted by Crippen LogP contribution is 2.19. The number of hydrogen-bond acceptors (Lipinski definition) is 3. The van der Waals surface area contributed by atoms with Crippen molar-refractivity contribution in [2.45, 2.75) is 13.8 Å². The van der Waals surface area contributed by atoms with Crippen molar-refractivity contribution in [3.63, 3.8) is 0 Å². The number of urea groups is 1. The minimum absolute atomic E-state index is 0.0492. The standard InChI is InChI=1S/C16H21N5O2/c1-11-6-5-7-12(2)15(11)18-14(22)10-20(3)16(23)17-13-8-9-21(4)19-13/h5-9H,10H2,1-4H3,(H,18,22)(H,17,19,23). The zero-order valence-electron chi connectivity index (χ0n) is 13.8. The molecule has 0 fully saturated rings. The number of carbonyl (C=O) groups excluding carboxylic acids is 2. The number of rotatable bonds is 4. The van der Waals surface area contributed by atoms with Gasteiger partial charge in [-0.25, -0.2) is 4.79 Å². The topological polar surface area (TPSA) is 79.3 Å². The Labute approximate surface area is 135 Å². The van der Waals surface area contributed by atoms with Crippen LogP contribution in [-0.4, -0.2) is 40.2 Å². The van der Waals surface area contributed by atoms with Gasteiger partial charge in [0.15, 0.2) is 5.82 Å². The van der Waals surface area contributed by atoms with E-state index in [0.29, 0.717) is 5.82 Å². The molecule has 1 aromatic heterocycles. The summed E-state index contributed by atoms with van der Waals surface area (Å²) in [5.41, 5.74) is 2.76. The Morgan fingerprint density at radius 2 is 1.83 bits per heavy atom. The Morgan fingerprint density at radius 1 is 1.17 bits per heavy atom. The summed E-state index contributed by atoms with van der Waals surface area (Å²) in [4.78, 5) is 25.5. The molecule has 0 aliphatic carbocycles. The van der Waals surface area contributed by atoms with Crippen LogP contribution < -0.4 is 10.6 Å².